The number of halogens is 1. The molecule has 0 radical (unpaired) electrons. The molecule has 0 aromatic heterocycles. The van der Waals surface area contributed by atoms with Gasteiger partial charge in [0.25, 0.3) is 0 Å². The van der Waals surface area contributed by atoms with Crippen LogP contribution >= 0.6 is 0 Å². The number of methoxy groups -OCH3 is 1. The van der Waals surface area contributed by atoms with Crippen molar-refractivity contribution in [2.24, 2.45) is 0 Å². The third-order valence-electron chi connectivity index (χ3n) is 1.69. The molecule has 76 valence electrons. The van der Waals surface area contributed by atoms with Crippen molar-refractivity contribution in [1.82, 2.24) is 0 Å². The van der Waals surface area contributed by atoms with Crippen molar-refractivity contribution >= 4 is 12.0 Å². The SMILES string of the molecule is COC(=O)c1cc(F)cc(C=CC#N)c1. The average molecular weight is 205 g/mol. The number of benzene rings is 1. The number of esters is 1. The molecule has 0 saturated carbocycles. The molecule has 0 fully saturated rings. The van der Waals surface area contributed by atoms with Crippen LogP contribution < -0.4 is 0 Å². The van der Waals surface area contributed by atoms with Gasteiger partial charge in [-0.15, -0.1) is 0 Å². The van der Waals surface area contributed by atoms with Crippen LogP contribution in [0.1, 0.15) is 15.9 Å². The average Bonchev–Trinajstić information content (AvgIpc) is 2.24. The molecule has 4 heteroatoms. The number of carbonyl (C=O) groups is 1. The molecule has 0 bridgehead atoms. The Balaban J connectivity index is 3.11. The van der Waals surface area contributed by atoms with Crippen molar-refractivity contribution < 1.29 is 13.9 Å². The molecule has 1 rings (SSSR count). The fourth-order valence-corrected chi connectivity index (χ4v) is 1.08. The number of hydrogen-bond donors (Lipinski definition) is 0. The van der Waals surface area contributed by atoms with Gasteiger partial charge in [0.05, 0.1) is 18.7 Å². The number of nitriles is 1. The Morgan fingerprint density at radius 3 is 2.87 bits per heavy atom. The molecule has 0 unspecified atom stereocenters. The summed E-state index contributed by atoms with van der Waals surface area (Å²) in [6, 6.07) is 5.53. The van der Waals surface area contributed by atoms with E-state index in [0.717, 1.165) is 6.07 Å². The lowest BCUT2D eigenvalue weighted by Crippen LogP contribution is -2.01. The summed E-state index contributed by atoms with van der Waals surface area (Å²) in [4.78, 5) is 11.1. The van der Waals surface area contributed by atoms with Crippen LogP contribution in [0.3, 0.4) is 0 Å². The third-order valence-corrected chi connectivity index (χ3v) is 1.69. The monoisotopic (exact) mass is 205 g/mol. The minimum atomic E-state index is -0.610. The van der Waals surface area contributed by atoms with Gasteiger partial charge in [-0.25, -0.2) is 9.18 Å². The molecule has 0 saturated heterocycles. The molecule has 0 spiro atoms. The highest BCUT2D eigenvalue weighted by Gasteiger charge is 2.07. The Kier molecular flexibility index (Phi) is 3.58. The predicted octanol–water partition coefficient (Wildman–Crippen LogP) is 2.15. The highest BCUT2D eigenvalue weighted by molar-refractivity contribution is 5.90. The van der Waals surface area contributed by atoms with Crippen LogP contribution in [0.25, 0.3) is 6.08 Å². The Morgan fingerprint density at radius 2 is 2.27 bits per heavy atom. The normalized spacial score (nSPS) is 9.93. The van der Waals surface area contributed by atoms with Gasteiger partial charge in [-0.05, 0) is 29.8 Å². The second-order valence-corrected chi connectivity index (χ2v) is 2.73. The van der Waals surface area contributed by atoms with Crippen LogP contribution in [0.2, 0.25) is 0 Å². The van der Waals surface area contributed by atoms with Gasteiger partial charge in [0, 0.05) is 6.08 Å². The summed E-state index contributed by atoms with van der Waals surface area (Å²) >= 11 is 0. The van der Waals surface area contributed by atoms with E-state index in [4.69, 9.17) is 5.26 Å². The van der Waals surface area contributed by atoms with Crippen molar-refractivity contribution in [3.8, 4) is 6.07 Å². The fraction of sp³-hybridized carbons (Fsp3) is 0.0909. The first-order valence-electron chi connectivity index (χ1n) is 4.12. The van der Waals surface area contributed by atoms with Gasteiger partial charge < -0.3 is 4.74 Å². The van der Waals surface area contributed by atoms with Gasteiger partial charge in [-0.1, -0.05) is 0 Å². The van der Waals surface area contributed by atoms with E-state index in [2.05, 4.69) is 4.74 Å². The minimum Gasteiger partial charge on any atom is -0.465 e. The largest absolute Gasteiger partial charge is 0.465 e. The van der Waals surface area contributed by atoms with Crippen molar-refractivity contribution in [2.75, 3.05) is 7.11 Å². The number of ether oxygens (including phenoxy) is 1. The molecule has 0 atom stereocenters. The number of rotatable bonds is 2. The van der Waals surface area contributed by atoms with Crippen LogP contribution in [0, 0.1) is 17.1 Å². The Morgan fingerprint density at radius 1 is 1.53 bits per heavy atom. The summed E-state index contributed by atoms with van der Waals surface area (Å²) in [5, 5.41) is 8.30. The van der Waals surface area contributed by atoms with Crippen LogP contribution in [-0.4, -0.2) is 13.1 Å². The molecule has 1 aromatic rings. The summed E-state index contributed by atoms with van der Waals surface area (Å²) < 4.78 is 17.5. The van der Waals surface area contributed by atoms with E-state index in [-0.39, 0.29) is 5.56 Å². The summed E-state index contributed by atoms with van der Waals surface area (Å²) in [7, 11) is 1.22. The number of hydrogen-bond acceptors (Lipinski definition) is 3. The van der Waals surface area contributed by atoms with Crippen LogP contribution in [0.15, 0.2) is 24.3 Å². The maximum absolute atomic E-state index is 13.0. The fourth-order valence-electron chi connectivity index (χ4n) is 1.08. The second-order valence-electron chi connectivity index (χ2n) is 2.73. The molecule has 15 heavy (non-hydrogen) atoms. The number of allylic oxidation sites excluding steroid dienone is 1. The van der Waals surface area contributed by atoms with Crippen LogP contribution in [0.5, 0.6) is 0 Å². The summed E-state index contributed by atoms with van der Waals surface area (Å²) in [5.74, 6) is -1.16. The highest BCUT2D eigenvalue weighted by Crippen LogP contribution is 2.11. The van der Waals surface area contributed by atoms with Gasteiger partial charge >= 0.3 is 5.97 Å². The lowest BCUT2D eigenvalue weighted by atomic mass is 10.1. The van der Waals surface area contributed by atoms with Crippen LogP contribution in [0.4, 0.5) is 4.39 Å². The Labute approximate surface area is 86.4 Å². The zero-order chi connectivity index (χ0) is 11.3. The first-order valence-corrected chi connectivity index (χ1v) is 4.12. The summed E-state index contributed by atoms with van der Waals surface area (Å²) in [5.41, 5.74) is 0.562. The zero-order valence-corrected chi connectivity index (χ0v) is 8.03. The van der Waals surface area contributed by atoms with Gasteiger partial charge in [-0.3, -0.25) is 0 Å². The molecule has 0 N–H and O–H groups in total. The molecule has 0 aliphatic heterocycles. The van der Waals surface area contributed by atoms with E-state index in [1.54, 1.807) is 6.07 Å². The minimum absolute atomic E-state index is 0.120. The van der Waals surface area contributed by atoms with Gasteiger partial charge in [-0.2, -0.15) is 5.26 Å². The molecular weight excluding hydrogens is 197 g/mol. The lowest BCUT2D eigenvalue weighted by molar-refractivity contribution is 0.0600. The first-order chi connectivity index (χ1) is 7.17. The molecule has 0 amide bonds. The summed E-state index contributed by atoms with van der Waals surface area (Å²) in [6.45, 7) is 0. The lowest BCUT2D eigenvalue weighted by Gasteiger charge is -2.00. The maximum Gasteiger partial charge on any atom is 0.337 e. The van der Waals surface area contributed by atoms with Gasteiger partial charge in [0.15, 0.2) is 0 Å². The van der Waals surface area contributed by atoms with E-state index in [1.807, 2.05) is 0 Å². The predicted molar refractivity (Wildman–Crippen MR) is 52.4 cm³/mol. The van der Waals surface area contributed by atoms with Crippen molar-refractivity contribution in [1.29, 1.82) is 5.26 Å². The van der Waals surface area contributed by atoms with Crippen molar-refractivity contribution in [2.45, 2.75) is 0 Å². The topological polar surface area (TPSA) is 50.1 Å². The molecule has 3 nitrogen and oxygen atoms in total. The van der Waals surface area contributed by atoms with Gasteiger partial charge in [0.1, 0.15) is 5.82 Å². The van der Waals surface area contributed by atoms with E-state index >= 15 is 0 Å². The molecule has 1 aromatic carbocycles. The number of carbonyl (C=O) groups excluding carboxylic acids is 1. The molecule has 0 aliphatic carbocycles. The van der Waals surface area contributed by atoms with E-state index in [9.17, 15) is 9.18 Å². The first kappa shape index (κ1) is 10.9. The molecule has 0 aliphatic rings. The Hall–Kier alpha value is -2.15. The third kappa shape index (κ3) is 2.92. The van der Waals surface area contributed by atoms with Crippen molar-refractivity contribution in [3.63, 3.8) is 0 Å². The van der Waals surface area contributed by atoms with E-state index in [1.165, 1.54) is 31.4 Å². The smallest absolute Gasteiger partial charge is 0.337 e. The molecular formula is C11H8FNO2. The zero-order valence-electron chi connectivity index (χ0n) is 8.03. The van der Waals surface area contributed by atoms with E-state index in [0.29, 0.717) is 5.56 Å². The number of nitrogens with zero attached hydrogens (tertiary/aromatic N) is 1. The van der Waals surface area contributed by atoms with Crippen LogP contribution in [-0.2, 0) is 4.74 Å². The van der Waals surface area contributed by atoms with E-state index < -0.39 is 11.8 Å². The standard InChI is InChI=1S/C11H8FNO2/c1-15-11(14)9-5-8(3-2-4-13)6-10(12)7-9/h2-3,5-7H,1H3. The highest BCUT2D eigenvalue weighted by atomic mass is 19.1. The van der Waals surface area contributed by atoms with Crippen molar-refractivity contribution in [3.05, 3.63) is 41.2 Å². The molecule has 0 heterocycles. The quantitative estimate of drug-likeness (QED) is 0.549. The van der Waals surface area contributed by atoms with Gasteiger partial charge in [0.2, 0.25) is 0 Å². The Bertz CT molecular complexity index is 446. The maximum atomic E-state index is 13.0. The second kappa shape index (κ2) is 4.91. The summed E-state index contributed by atoms with van der Waals surface area (Å²) in [6.07, 6.45) is 2.62.